The van der Waals surface area contributed by atoms with Crippen molar-refractivity contribution < 1.29 is 4.79 Å². The third kappa shape index (κ3) is 4.49. The maximum atomic E-state index is 10.8. The van der Waals surface area contributed by atoms with Gasteiger partial charge in [0.25, 0.3) is 0 Å². The number of benzene rings is 1. The van der Waals surface area contributed by atoms with Gasteiger partial charge in [0.15, 0.2) is 0 Å². The molecule has 0 aliphatic carbocycles. The topological polar surface area (TPSA) is 55.1 Å². The smallest absolute Gasteiger partial charge is 0.218 e. The molecule has 1 aromatic rings. The highest BCUT2D eigenvalue weighted by molar-refractivity contribution is 14.1. The lowest BCUT2D eigenvalue weighted by Crippen LogP contribution is -2.32. The Labute approximate surface area is 110 Å². The number of amides is 1. The van der Waals surface area contributed by atoms with Gasteiger partial charge < -0.3 is 11.1 Å². The monoisotopic (exact) mass is 332 g/mol. The van der Waals surface area contributed by atoms with Crippen LogP contribution in [0.3, 0.4) is 0 Å². The standard InChI is InChI=1S/C12H17IN2O/c1-8(7-12(14)16)15-9(2)10-3-5-11(13)6-4-10/h3-6,8-9,15H,7H2,1-2H3,(H2,14,16). The molecule has 2 unspecified atom stereocenters. The fourth-order valence-corrected chi connectivity index (χ4v) is 1.99. The lowest BCUT2D eigenvalue weighted by molar-refractivity contribution is -0.118. The van der Waals surface area contributed by atoms with Crippen LogP contribution in [0.15, 0.2) is 24.3 Å². The quantitative estimate of drug-likeness (QED) is 0.813. The average molecular weight is 332 g/mol. The van der Waals surface area contributed by atoms with E-state index in [0.717, 1.165) is 0 Å². The minimum atomic E-state index is -0.269. The Hall–Kier alpha value is -0.620. The van der Waals surface area contributed by atoms with E-state index in [1.54, 1.807) is 0 Å². The van der Waals surface area contributed by atoms with Crippen LogP contribution in [0.1, 0.15) is 31.9 Å². The van der Waals surface area contributed by atoms with Crippen LogP contribution in [0, 0.1) is 3.57 Å². The van der Waals surface area contributed by atoms with E-state index in [-0.39, 0.29) is 18.0 Å². The van der Waals surface area contributed by atoms with Crippen molar-refractivity contribution in [2.45, 2.75) is 32.4 Å². The van der Waals surface area contributed by atoms with Crippen LogP contribution in [0.5, 0.6) is 0 Å². The van der Waals surface area contributed by atoms with Crippen LogP contribution in [0.25, 0.3) is 0 Å². The number of hydrogen-bond donors (Lipinski definition) is 2. The molecule has 0 fully saturated rings. The summed E-state index contributed by atoms with van der Waals surface area (Å²) in [6, 6.07) is 8.67. The summed E-state index contributed by atoms with van der Waals surface area (Å²) in [7, 11) is 0. The van der Waals surface area contributed by atoms with Gasteiger partial charge in [0.1, 0.15) is 0 Å². The summed E-state index contributed by atoms with van der Waals surface area (Å²) in [6.45, 7) is 4.05. The molecule has 0 aliphatic heterocycles. The van der Waals surface area contributed by atoms with Crippen LogP contribution >= 0.6 is 22.6 Å². The maximum absolute atomic E-state index is 10.8. The van der Waals surface area contributed by atoms with E-state index in [9.17, 15) is 4.79 Å². The number of halogens is 1. The largest absolute Gasteiger partial charge is 0.370 e. The summed E-state index contributed by atoms with van der Waals surface area (Å²) in [5, 5.41) is 3.34. The number of nitrogens with one attached hydrogen (secondary N) is 1. The molecule has 1 amide bonds. The zero-order chi connectivity index (χ0) is 12.1. The first-order chi connectivity index (χ1) is 7.49. The first-order valence-electron chi connectivity index (χ1n) is 5.29. The van der Waals surface area contributed by atoms with E-state index in [1.165, 1.54) is 9.13 Å². The van der Waals surface area contributed by atoms with Crippen molar-refractivity contribution in [3.63, 3.8) is 0 Å². The molecule has 0 radical (unpaired) electrons. The summed E-state index contributed by atoms with van der Waals surface area (Å²) in [6.07, 6.45) is 0.370. The van der Waals surface area contributed by atoms with Crippen molar-refractivity contribution in [2.24, 2.45) is 5.73 Å². The van der Waals surface area contributed by atoms with Crippen LogP contribution in [0.2, 0.25) is 0 Å². The highest BCUT2D eigenvalue weighted by Crippen LogP contribution is 2.15. The normalized spacial score (nSPS) is 14.4. The molecule has 3 nitrogen and oxygen atoms in total. The molecule has 4 heteroatoms. The van der Waals surface area contributed by atoms with E-state index in [4.69, 9.17) is 5.73 Å². The van der Waals surface area contributed by atoms with Gasteiger partial charge >= 0.3 is 0 Å². The molecule has 16 heavy (non-hydrogen) atoms. The number of primary amides is 1. The van der Waals surface area contributed by atoms with Gasteiger partial charge in [0.2, 0.25) is 5.91 Å². The lowest BCUT2D eigenvalue weighted by Gasteiger charge is -2.19. The molecule has 3 N–H and O–H groups in total. The number of carbonyl (C=O) groups is 1. The molecule has 88 valence electrons. The fourth-order valence-electron chi connectivity index (χ4n) is 1.64. The summed E-state index contributed by atoms with van der Waals surface area (Å²) < 4.78 is 1.22. The van der Waals surface area contributed by atoms with Gasteiger partial charge in [-0.05, 0) is 54.1 Å². The van der Waals surface area contributed by atoms with Crippen LogP contribution in [-0.4, -0.2) is 11.9 Å². The molecule has 0 aliphatic rings. The van der Waals surface area contributed by atoms with E-state index >= 15 is 0 Å². The minimum absolute atomic E-state index is 0.103. The van der Waals surface area contributed by atoms with Crippen molar-refractivity contribution in [3.05, 3.63) is 33.4 Å². The first-order valence-corrected chi connectivity index (χ1v) is 6.36. The van der Waals surface area contributed by atoms with Crippen molar-refractivity contribution in [3.8, 4) is 0 Å². The second-order valence-electron chi connectivity index (χ2n) is 4.01. The molecule has 0 spiro atoms. The molecule has 0 bridgehead atoms. The molecule has 0 saturated heterocycles. The Morgan fingerprint density at radius 1 is 1.38 bits per heavy atom. The maximum Gasteiger partial charge on any atom is 0.218 e. The zero-order valence-electron chi connectivity index (χ0n) is 9.53. The van der Waals surface area contributed by atoms with Crippen LogP contribution in [0.4, 0.5) is 0 Å². The number of nitrogens with two attached hydrogens (primary N) is 1. The second-order valence-corrected chi connectivity index (χ2v) is 5.26. The predicted molar refractivity (Wildman–Crippen MR) is 74.0 cm³/mol. The molecule has 0 heterocycles. The zero-order valence-corrected chi connectivity index (χ0v) is 11.7. The fraction of sp³-hybridized carbons (Fsp3) is 0.417. The van der Waals surface area contributed by atoms with Crippen molar-refractivity contribution in [1.82, 2.24) is 5.32 Å². The minimum Gasteiger partial charge on any atom is -0.370 e. The lowest BCUT2D eigenvalue weighted by atomic mass is 10.1. The van der Waals surface area contributed by atoms with E-state index in [2.05, 4.69) is 59.1 Å². The van der Waals surface area contributed by atoms with Crippen LogP contribution in [-0.2, 0) is 4.79 Å². The van der Waals surface area contributed by atoms with Gasteiger partial charge in [0, 0.05) is 22.1 Å². The third-order valence-electron chi connectivity index (χ3n) is 2.41. The van der Waals surface area contributed by atoms with E-state index in [1.807, 2.05) is 6.92 Å². The SMILES string of the molecule is CC(CC(N)=O)NC(C)c1ccc(I)cc1. The van der Waals surface area contributed by atoms with Gasteiger partial charge in [-0.15, -0.1) is 0 Å². The molecule has 1 aromatic carbocycles. The Morgan fingerprint density at radius 3 is 2.44 bits per heavy atom. The van der Waals surface area contributed by atoms with E-state index in [0.29, 0.717) is 6.42 Å². The molecule has 1 rings (SSSR count). The Morgan fingerprint density at radius 2 is 1.94 bits per heavy atom. The summed E-state index contributed by atoms with van der Waals surface area (Å²) >= 11 is 2.28. The summed E-state index contributed by atoms with van der Waals surface area (Å²) in [4.78, 5) is 10.8. The van der Waals surface area contributed by atoms with Crippen molar-refractivity contribution in [1.29, 1.82) is 0 Å². The van der Waals surface area contributed by atoms with Crippen molar-refractivity contribution >= 4 is 28.5 Å². The van der Waals surface area contributed by atoms with Crippen molar-refractivity contribution in [2.75, 3.05) is 0 Å². The second kappa shape index (κ2) is 6.20. The summed E-state index contributed by atoms with van der Waals surface area (Å²) in [5.41, 5.74) is 6.37. The molecular weight excluding hydrogens is 315 g/mol. The Bertz CT molecular complexity index is 351. The molecule has 2 atom stereocenters. The van der Waals surface area contributed by atoms with Gasteiger partial charge in [-0.2, -0.15) is 0 Å². The summed E-state index contributed by atoms with van der Waals surface area (Å²) in [5.74, 6) is -0.269. The van der Waals surface area contributed by atoms with Gasteiger partial charge in [-0.25, -0.2) is 0 Å². The molecule has 0 aromatic heterocycles. The Balaban J connectivity index is 2.54. The van der Waals surface area contributed by atoms with Gasteiger partial charge in [0.05, 0.1) is 0 Å². The van der Waals surface area contributed by atoms with Gasteiger partial charge in [-0.1, -0.05) is 12.1 Å². The number of carbonyl (C=O) groups excluding carboxylic acids is 1. The van der Waals surface area contributed by atoms with Crippen LogP contribution < -0.4 is 11.1 Å². The first kappa shape index (κ1) is 13.4. The Kier molecular flexibility index (Phi) is 5.21. The highest BCUT2D eigenvalue weighted by Gasteiger charge is 2.10. The molecular formula is C12H17IN2O. The number of rotatable bonds is 5. The third-order valence-corrected chi connectivity index (χ3v) is 3.13. The van der Waals surface area contributed by atoms with E-state index < -0.39 is 0 Å². The number of hydrogen-bond acceptors (Lipinski definition) is 2. The predicted octanol–water partition coefficient (Wildman–Crippen LogP) is 2.21. The van der Waals surface area contributed by atoms with Gasteiger partial charge in [-0.3, -0.25) is 4.79 Å². The molecule has 0 saturated carbocycles. The highest BCUT2D eigenvalue weighted by atomic mass is 127. The average Bonchev–Trinajstić information content (AvgIpc) is 2.16.